The SMILES string of the molecule is O=C(O)CC/C=C\C[C@@H]1[C@@H](CNS(=O)(=O)c2ccc(F)cc2)CC[C@@H]1F. The van der Waals surface area contributed by atoms with Crippen molar-refractivity contribution in [1.29, 1.82) is 0 Å². The summed E-state index contributed by atoms with van der Waals surface area (Å²) in [5.41, 5.74) is 0. The van der Waals surface area contributed by atoms with Crippen LogP contribution in [0, 0.1) is 17.7 Å². The van der Waals surface area contributed by atoms with Gasteiger partial charge in [0.05, 0.1) is 4.90 Å². The summed E-state index contributed by atoms with van der Waals surface area (Å²) in [5, 5.41) is 8.58. The molecule has 1 aromatic rings. The minimum absolute atomic E-state index is 0.0289. The summed E-state index contributed by atoms with van der Waals surface area (Å²) in [7, 11) is -3.77. The lowest BCUT2D eigenvalue weighted by Crippen LogP contribution is -2.32. The number of carboxylic acids is 1. The van der Waals surface area contributed by atoms with Crippen LogP contribution in [-0.4, -0.2) is 32.2 Å². The molecule has 0 unspecified atom stereocenters. The third kappa shape index (κ3) is 5.88. The number of halogens is 2. The molecule has 1 aliphatic rings. The fraction of sp³-hybridized carbons (Fsp3) is 0.500. The van der Waals surface area contributed by atoms with Crippen LogP contribution in [-0.2, 0) is 14.8 Å². The standard InChI is InChI=1S/C18H23F2NO4S/c19-14-7-9-15(10-8-14)26(24,25)21-12-13-6-11-17(20)16(13)4-2-1-3-5-18(22)23/h1-2,7-10,13,16-17,21H,3-6,11-12H2,(H,22,23)/b2-1-/t13-,16-,17+/m1/s1. The molecule has 2 rings (SSSR count). The monoisotopic (exact) mass is 387 g/mol. The molecule has 0 heterocycles. The van der Waals surface area contributed by atoms with Crippen molar-refractivity contribution >= 4 is 16.0 Å². The van der Waals surface area contributed by atoms with Gasteiger partial charge in [-0.1, -0.05) is 12.2 Å². The highest BCUT2D eigenvalue weighted by Crippen LogP contribution is 2.36. The maximum absolute atomic E-state index is 14.1. The second-order valence-electron chi connectivity index (χ2n) is 6.46. The van der Waals surface area contributed by atoms with E-state index in [0.717, 1.165) is 12.1 Å². The van der Waals surface area contributed by atoms with Gasteiger partial charge in [0.1, 0.15) is 12.0 Å². The normalized spacial score (nSPS) is 23.5. The Labute approximate surface area is 152 Å². The van der Waals surface area contributed by atoms with Gasteiger partial charge < -0.3 is 5.11 Å². The molecule has 144 valence electrons. The predicted octanol–water partition coefficient (Wildman–Crippen LogP) is 3.28. The van der Waals surface area contributed by atoms with Crippen LogP contribution in [0.3, 0.4) is 0 Å². The zero-order valence-corrected chi connectivity index (χ0v) is 15.1. The Morgan fingerprint density at radius 2 is 1.92 bits per heavy atom. The second-order valence-corrected chi connectivity index (χ2v) is 8.23. The summed E-state index contributed by atoms with van der Waals surface area (Å²) in [4.78, 5) is 10.4. The molecule has 0 spiro atoms. The number of hydrogen-bond acceptors (Lipinski definition) is 3. The number of carboxylic acid groups (broad SMARTS) is 1. The number of nitrogens with one attached hydrogen (secondary N) is 1. The van der Waals surface area contributed by atoms with E-state index < -0.39 is 28.0 Å². The van der Waals surface area contributed by atoms with E-state index in [0.29, 0.717) is 25.7 Å². The summed E-state index contributed by atoms with van der Waals surface area (Å²) < 4.78 is 54.0. The van der Waals surface area contributed by atoms with E-state index in [-0.39, 0.29) is 29.7 Å². The number of allylic oxidation sites excluding steroid dienone is 2. The molecule has 8 heteroatoms. The zero-order chi connectivity index (χ0) is 19.2. The first-order chi connectivity index (χ1) is 12.3. The van der Waals surface area contributed by atoms with Crippen molar-refractivity contribution in [2.75, 3.05) is 6.54 Å². The molecule has 3 atom stereocenters. The minimum atomic E-state index is -3.77. The molecule has 1 saturated carbocycles. The van der Waals surface area contributed by atoms with Crippen LogP contribution >= 0.6 is 0 Å². The third-order valence-corrected chi connectivity index (χ3v) is 6.08. The van der Waals surface area contributed by atoms with E-state index in [1.54, 1.807) is 12.2 Å². The lowest BCUT2D eigenvalue weighted by molar-refractivity contribution is -0.136. The molecule has 2 N–H and O–H groups in total. The van der Waals surface area contributed by atoms with Crippen LogP contribution < -0.4 is 4.72 Å². The molecule has 0 saturated heterocycles. The van der Waals surface area contributed by atoms with Crippen LogP contribution in [0.25, 0.3) is 0 Å². The smallest absolute Gasteiger partial charge is 0.303 e. The Morgan fingerprint density at radius 3 is 2.58 bits per heavy atom. The van der Waals surface area contributed by atoms with E-state index in [1.165, 1.54) is 12.1 Å². The van der Waals surface area contributed by atoms with Crippen molar-refractivity contribution in [3.8, 4) is 0 Å². The van der Waals surface area contributed by atoms with Crippen molar-refractivity contribution in [2.24, 2.45) is 11.8 Å². The van der Waals surface area contributed by atoms with Gasteiger partial charge in [0.25, 0.3) is 0 Å². The summed E-state index contributed by atoms with van der Waals surface area (Å²) in [5.74, 6) is -1.84. The average molecular weight is 387 g/mol. The van der Waals surface area contributed by atoms with E-state index in [9.17, 15) is 22.0 Å². The van der Waals surface area contributed by atoms with E-state index in [2.05, 4.69) is 4.72 Å². The molecule has 0 bridgehead atoms. The van der Waals surface area contributed by atoms with Crippen molar-refractivity contribution in [2.45, 2.75) is 43.2 Å². The van der Waals surface area contributed by atoms with E-state index >= 15 is 0 Å². The Hall–Kier alpha value is -1.80. The number of aliphatic carboxylic acids is 1. The minimum Gasteiger partial charge on any atom is -0.481 e. The molecule has 0 amide bonds. The van der Waals surface area contributed by atoms with Gasteiger partial charge in [-0.2, -0.15) is 0 Å². The van der Waals surface area contributed by atoms with Gasteiger partial charge in [0, 0.05) is 13.0 Å². The van der Waals surface area contributed by atoms with E-state index in [1.807, 2.05) is 0 Å². The lowest BCUT2D eigenvalue weighted by atomic mass is 9.92. The molecule has 1 aliphatic carbocycles. The number of rotatable bonds is 9. The number of sulfonamides is 1. The van der Waals surface area contributed by atoms with Crippen LogP contribution in [0.15, 0.2) is 41.3 Å². The fourth-order valence-electron chi connectivity index (χ4n) is 3.18. The highest BCUT2D eigenvalue weighted by Gasteiger charge is 2.35. The maximum Gasteiger partial charge on any atom is 0.303 e. The largest absolute Gasteiger partial charge is 0.481 e. The first-order valence-corrected chi connectivity index (χ1v) is 10.0. The number of hydrogen-bond donors (Lipinski definition) is 2. The van der Waals surface area contributed by atoms with Gasteiger partial charge >= 0.3 is 5.97 Å². The molecule has 26 heavy (non-hydrogen) atoms. The number of carbonyl (C=O) groups is 1. The molecular formula is C18H23F2NO4S. The zero-order valence-electron chi connectivity index (χ0n) is 14.3. The Balaban J connectivity index is 1.90. The second kappa shape index (κ2) is 9.23. The first-order valence-electron chi connectivity index (χ1n) is 8.55. The quantitative estimate of drug-likeness (QED) is 0.637. The van der Waals surface area contributed by atoms with Crippen molar-refractivity contribution in [3.05, 3.63) is 42.2 Å². The van der Waals surface area contributed by atoms with Crippen molar-refractivity contribution in [1.82, 2.24) is 4.72 Å². The molecular weight excluding hydrogens is 364 g/mol. The molecule has 1 fully saturated rings. The van der Waals surface area contributed by atoms with E-state index in [4.69, 9.17) is 5.11 Å². The van der Waals surface area contributed by atoms with Gasteiger partial charge in [-0.25, -0.2) is 21.9 Å². The highest BCUT2D eigenvalue weighted by atomic mass is 32.2. The summed E-state index contributed by atoms with van der Waals surface area (Å²) in [6.07, 6.45) is 4.33. The number of benzene rings is 1. The van der Waals surface area contributed by atoms with Gasteiger partial charge in [-0.05, 0) is 61.8 Å². The molecule has 0 radical (unpaired) electrons. The molecule has 5 nitrogen and oxygen atoms in total. The lowest BCUT2D eigenvalue weighted by Gasteiger charge is -2.20. The predicted molar refractivity (Wildman–Crippen MR) is 93.3 cm³/mol. The summed E-state index contributed by atoms with van der Waals surface area (Å²) in [6, 6.07) is 4.53. The molecule has 0 aromatic heterocycles. The van der Waals surface area contributed by atoms with Crippen LogP contribution in [0.1, 0.15) is 32.1 Å². The highest BCUT2D eigenvalue weighted by molar-refractivity contribution is 7.89. The van der Waals surface area contributed by atoms with Crippen LogP contribution in [0.4, 0.5) is 8.78 Å². The Morgan fingerprint density at radius 1 is 1.23 bits per heavy atom. The topological polar surface area (TPSA) is 83.5 Å². The van der Waals surface area contributed by atoms with Crippen molar-refractivity contribution in [3.63, 3.8) is 0 Å². The van der Waals surface area contributed by atoms with Crippen LogP contribution in [0.2, 0.25) is 0 Å². The van der Waals surface area contributed by atoms with Gasteiger partial charge in [0.2, 0.25) is 10.0 Å². The first kappa shape index (κ1) is 20.5. The van der Waals surface area contributed by atoms with Gasteiger partial charge in [0.15, 0.2) is 0 Å². The fourth-order valence-corrected chi connectivity index (χ4v) is 4.28. The van der Waals surface area contributed by atoms with Crippen molar-refractivity contribution < 1.29 is 27.1 Å². The Kier molecular flexibility index (Phi) is 7.28. The maximum atomic E-state index is 14.1. The third-order valence-electron chi connectivity index (χ3n) is 4.64. The summed E-state index contributed by atoms with van der Waals surface area (Å²) in [6.45, 7) is 0.119. The Bertz CT molecular complexity index is 734. The molecule has 1 aromatic carbocycles. The van der Waals surface area contributed by atoms with Crippen LogP contribution in [0.5, 0.6) is 0 Å². The summed E-state index contributed by atoms with van der Waals surface area (Å²) >= 11 is 0. The molecule has 0 aliphatic heterocycles. The average Bonchev–Trinajstić information content (AvgIpc) is 2.93. The van der Waals surface area contributed by atoms with Gasteiger partial charge in [-0.15, -0.1) is 0 Å². The number of alkyl halides is 1. The van der Waals surface area contributed by atoms with Gasteiger partial charge in [-0.3, -0.25) is 4.79 Å².